The lowest BCUT2D eigenvalue weighted by molar-refractivity contribution is -0.0617. The predicted octanol–water partition coefficient (Wildman–Crippen LogP) is 9.36. The number of carbonyl (C=O) groups is 3. The minimum absolute atomic E-state index is 0.0216. The van der Waals surface area contributed by atoms with Gasteiger partial charge in [-0.25, -0.2) is 19.4 Å². The number of hydrogen-bond acceptors (Lipinski definition) is 13. The second-order valence-electron chi connectivity index (χ2n) is 16.1. The number of nitrogens with two attached hydrogens (primary N) is 1. The molecule has 9 rings (SSSR count). The first-order valence-corrected chi connectivity index (χ1v) is 22.2. The van der Waals surface area contributed by atoms with Gasteiger partial charge in [-0.15, -0.1) is 0 Å². The third kappa shape index (κ3) is 9.33. The van der Waals surface area contributed by atoms with Crippen molar-refractivity contribution in [1.29, 1.82) is 0 Å². The Hall–Kier alpha value is -8.40. The van der Waals surface area contributed by atoms with E-state index in [9.17, 15) is 14.4 Å². The Kier molecular flexibility index (Phi) is 13.1. The molecular formula is C54H44N4O10S. The van der Waals surface area contributed by atoms with E-state index in [2.05, 4.69) is 0 Å². The SMILES string of the molecule is COc1ccc(-c2cc(-c3ccc(N)cc3)nc3c2c(=O)n(-c2ccc(C)cc2)c(=S)n3[C@@H]2O[C@H](COC(=O)c3ccccc3)[C@@H](OC(=O)c3ccccc3)[C@H]2OC(=O)c2ccccc2)cc1OC. The van der Waals surface area contributed by atoms with E-state index in [0.717, 1.165) is 5.56 Å². The summed E-state index contributed by atoms with van der Waals surface area (Å²) in [6.07, 6.45) is -5.74. The third-order valence-electron chi connectivity index (χ3n) is 11.7. The summed E-state index contributed by atoms with van der Waals surface area (Å²) in [4.78, 5) is 62.6. The normalized spacial score (nSPS) is 16.4. The lowest BCUT2D eigenvalue weighted by Gasteiger charge is -2.27. The van der Waals surface area contributed by atoms with Gasteiger partial charge in [0.2, 0.25) is 0 Å². The molecule has 0 radical (unpaired) electrons. The summed E-state index contributed by atoms with van der Waals surface area (Å²) in [5, 5.41) is 0.0871. The highest BCUT2D eigenvalue weighted by atomic mass is 32.1. The summed E-state index contributed by atoms with van der Waals surface area (Å²) in [6, 6.07) is 46.1. The molecule has 0 spiro atoms. The molecule has 0 aliphatic carbocycles. The van der Waals surface area contributed by atoms with Crippen LogP contribution >= 0.6 is 12.2 Å². The average Bonchev–Trinajstić information content (AvgIpc) is 3.71. The van der Waals surface area contributed by atoms with Crippen LogP contribution in [0.1, 0.15) is 42.9 Å². The second-order valence-corrected chi connectivity index (χ2v) is 16.4. The molecule has 8 aromatic rings. The Bertz CT molecular complexity index is 3310. The molecule has 2 aromatic heterocycles. The topological polar surface area (TPSA) is 172 Å². The lowest BCUT2D eigenvalue weighted by atomic mass is 9.99. The maximum Gasteiger partial charge on any atom is 0.338 e. The summed E-state index contributed by atoms with van der Waals surface area (Å²) in [5.41, 5.74) is 10.1. The van der Waals surface area contributed by atoms with E-state index in [1.54, 1.807) is 152 Å². The predicted molar refractivity (Wildman–Crippen MR) is 261 cm³/mol. The van der Waals surface area contributed by atoms with Crippen molar-refractivity contribution in [1.82, 2.24) is 14.1 Å². The number of hydrogen-bond donors (Lipinski definition) is 1. The van der Waals surface area contributed by atoms with Crippen molar-refractivity contribution in [2.24, 2.45) is 0 Å². The van der Waals surface area contributed by atoms with Crippen molar-refractivity contribution in [2.75, 3.05) is 26.6 Å². The van der Waals surface area contributed by atoms with E-state index < -0.39 is 54.6 Å². The first-order chi connectivity index (χ1) is 33.5. The molecule has 15 heteroatoms. The molecule has 69 heavy (non-hydrogen) atoms. The highest BCUT2D eigenvalue weighted by molar-refractivity contribution is 7.71. The molecule has 1 aliphatic rings. The van der Waals surface area contributed by atoms with Crippen molar-refractivity contribution in [3.63, 3.8) is 0 Å². The first kappa shape index (κ1) is 45.7. The summed E-state index contributed by atoms with van der Waals surface area (Å²) in [5.74, 6) is -1.40. The van der Waals surface area contributed by atoms with E-state index in [1.165, 1.54) is 23.4 Å². The number of nitrogen functional groups attached to an aromatic ring is 1. The van der Waals surface area contributed by atoms with Gasteiger partial charge in [0, 0.05) is 16.8 Å². The van der Waals surface area contributed by atoms with Gasteiger partial charge in [0.1, 0.15) is 12.7 Å². The Morgan fingerprint density at radius 1 is 0.667 bits per heavy atom. The Morgan fingerprint density at radius 3 is 1.80 bits per heavy atom. The van der Waals surface area contributed by atoms with Crippen LogP contribution in [0.5, 0.6) is 11.5 Å². The number of esters is 3. The maximum absolute atomic E-state index is 15.5. The monoisotopic (exact) mass is 940 g/mol. The van der Waals surface area contributed by atoms with Crippen LogP contribution in [0.15, 0.2) is 169 Å². The zero-order valence-corrected chi connectivity index (χ0v) is 38.3. The van der Waals surface area contributed by atoms with Crippen molar-refractivity contribution in [2.45, 2.75) is 31.5 Å². The summed E-state index contributed by atoms with van der Waals surface area (Å²) >= 11 is 6.36. The summed E-state index contributed by atoms with van der Waals surface area (Å²) < 4.78 is 39.5. The van der Waals surface area contributed by atoms with Gasteiger partial charge in [0.15, 0.2) is 40.4 Å². The molecule has 0 unspecified atom stereocenters. The quantitative estimate of drug-likeness (QED) is 0.0502. The van der Waals surface area contributed by atoms with Crippen molar-refractivity contribution in [3.05, 3.63) is 201 Å². The van der Waals surface area contributed by atoms with Crippen LogP contribution in [-0.4, -0.2) is 71.2 Å². The van der Waals surface area contributed by atoms with E-state index in [0.29, 0.717) is 45.3 Å². The third-order valence-corrected chi connectivity index (χ3v) is 12.0. The van der Waals surface area contributed by atoms with E-state index in [4.69, 9.17) is 51.4 Å². The fourth-order valence-corrected chi connectivity index (χ4v) is 8.54. The number of aryl methyl sites for hydroxylation is 1. The van der Waals surface area contributed by atoms with Crippen molar-refractivity contribution in [3.8, 4) is 39.6 Å². The van der Waals surface area contributed by atoms with Gasteiger partial charge in [-0.05, 0) is 104 Å². The van der Waals surface area contributed by atoms with Crippen LogP contribution in [0, 0.1) is 11.7 Å². The number of methoxy groups -OCH3 is 2. The van der Waals surface area contributed by atoms with Gasteiger partial charge < -0.3 is 34.2 Å². The molecule has 4 atom stereocenters. The zero-order chi connectivity index (χ0) is 48.2. The molecule has 1 saturated heterocycles. The van der Waals surface area contributed by atoms with Crippen LogP contribution in [0.4, 0.5) is 5.69 Å². The minimum Gasteiger partial charge on any atom is -0.493 e. The fraction of sp³-hybridized carbons (Fsp3) is 0.148. The van der Waals surface area contributed by atoms with Crippen LogP contribution in [-0.2, 0) is 18.9 Å². The van der Waals surface area contributed by atoms with Crippen LogP contribution in [0.2, 0.25) is 0 Å². The Balaban J connectivity index is 1.33. The molecule has 1 aliphatic heterocycles. The molecule has 3 heterocycles. The molecule has 2 N–H and O–H groups in total. The zero-order valence-electron chi connectivity index (χ0n) is 37.5. The number of aromatic nitrogens is 3. The van der Waals surface area contributed by atoms with Crippen LogP contribution in [0.25, 0.3) is 39.1 Å². The number of fused-ring (bicyclic) bond motifs is 1. The van der Waals surface area contributed by atoms with Crippen LogP contribution < -0.4 is 20.8 Å². The smallest absolute Gasteiger partial charge is 0.338 e. The molecule has 1 fully saturated rings. The fourth-order valence-electron chi connectivity index (χ4n) is 8.16. The molecule has 0 bridgehead atoms. The summed E-state index contributed by atoms with van der Waals surface area (Å²) in [7, 11) is 3.03. The standard InChI is InChI=1S/C54H44N4O10S/c1-32-19-26-39(27-20-32)57-49(59)45-40(37-23-28-42(63-2)43(29-37)64-3)30-41(33-21-24-38(55)25-22-33)56-48(45)58(54(57)69)50-47(68-53(62)36-17-11-6-12-18-36)46(67-52(61)35-15-9-5-10-16-35)44(66-50)31-65-51(60)34-13-7-4-8-14-34/h4-30,44,46-47,50H,31,55H2,1-3H3/t44-,46-,47-,50-/m1/s1. The van der Waals surface area contributed by atoms with Gasteiger partial charge in [-0.1, -0.05) is 90.5 Å². The molecule has 0 saturated carbocycles. The van der Waals surface area contributed by atoms with Gasteiger partial charge in [-0.2, -0.15) is 0 Å². The van der Waals surface area contributed by atoms with E-state index in [-0.39, 0.29) is 32.5 Å². The maximum atomic E-state index is 15.5. The first-order valence-electron chi connectivity index (χ1n) is 21.8. The Morgan fingerprint density at radius 2 is 1.22 bits per heavy atom. The molecular weight excluding hydrogens is 897 g/mol. The number of anilines is 1. The lowest BCUT2D eigenvalue weighted by Crippen LogP contribution is -2.42. The number of carbonyl (C=O) groups excluding carboxylic acids is 3. The largest absolute Gasteiger partial charge is 0.493 e. The second kappa shape index (κ2) is 19.8. The number of benzene rings is 6. The van der Waals surface area contributed by atoms with Crippen molar-refractivity contribution >= 4 is 46.8 Å². The van der Waals surface area contributed by atoms with Gasteiger partial charge in [0.25, 0.3) is 5.56 Å². The van der Waals surface area contributed by atoms with E-state index in [1.807, 2.05) is 19.1 Å². The molecule has 346 valence electrons. The number of nitrogens with zero attached hydrogens (tertiary/aromatic N) is 3. The summed E-state index contributed by atoms with van der Waals surface area (Å²) in [6.45, 7) is 1.44. The molecule has 14 nitrogen and oxygen atoms in total. The average molecular weight is 941 g/mol. The number of rotatable bonds is 13. The number of pyridine rings is 1. The molecule has 6 aromatic carbocycles. The van der Waals surface area contributed by atoms with Gasteiger partial charge in [0.05, 0.1) is 47.7 Å². The van der Waals surface area contributed by atoms with Gasteiger partial charge >= 0.3 is 17.9 Å². The minimum atomic E-state index is -1.52. The van der Waals surface area contributed by atoms with Gasteiger partial charge in [-0.3, -0.25) is 13.9 Å². The van der Waals surface area contributed by atoms with E-state index >= 15 is 4.79 Å². The molecule has 0 amide bonds. The van der Waals surface area contributed by atoms with Crippen LogP contribution in [0.3, 0.4) is 0 Å². The van der Waals surface area contributed by atoms with Crippen molar-refractivity contribution < 1.29 is 42.8 Å². The highest BCUT2D eigenvalue weighted by Gasteiger charge is 2.52. The number of ether oxygens (including phenoxy) is 6. The highest BCUT2D eigenvalue weighted by Crippen LogP contribution is 2.41. The Labute approximate surface area is 401 Å².